The molecular formula is C11H11N3O. The predicted octanol–water partition coefficient (Wildman–Crippen LogP) is 1.83. The zero-order valence-corrected chi connectivity index (χ0v) is 8.40. The van der Waals surface area contributed by atoms with Crippen molar-refractivity contribution >= 4 is 11.1 Å². The Morgan fingerprint density at radius 3 is 3.27 bits per heavy atom. The van der Waals surface area contributed by atoms with Crippen molar-refractivity contribution in [3.63, 3.8) is 0 Å². The largest absolute Gasteiger partial charge is 0.443 e. The first-order valence-electron chi connectivity index (χ1n) is 4.75. The van der Waals surface area contributed by atoms with Crippen molar-refractivity contribution in [3.05, 3.63) is 30.2 Å². The molecule has 0 aliphatic heterocycles. The topological polar surface area (TPSA) is 61.9 Å². The fraction of sp³-hybridized carbons (Fsp3) is 0.273. The number of nitrogens with one attached hydrogen (secondary N) is 1. The van der Waals surface area contributed by atoms with Crippen LogP contribution in [-0.2, 0) is 6.54 Å². The van der Waals surface area contributed by atoms with E-state index < -0.39 is 0 Å². The SMILES string of the molecule is CC(C#N)NCc1ccc2ncoc2c1. The number of fused-ring (bicyclic) bond motifs is 1. The zero-order valence-electron chi connectivity index (χ0n) is 8.40. The lowest BCUT2D eigenvalue weighted by molar-refractivity contribution is 0.600. The van der Waals surface area contributed by atoms with Gasteiger partial charge in [0.2, 0.25) is 0 Å². The molecule has 15 heavy (non-hydrogen) atoms. The van der Waals surface area contributed by atoms with Gasteiger partial charge in [0.25, 0.3) is 0 Å². The fourth-order valence-corrected chi connectivity index (χ4v) is 1.33. The second-order valence-electron chi connectivity index (χ2n) is 3.39. The molecule has 0 spiro atoms. The minimum absolute atomic E-state index is 0.143. The van der Waals surface area contributed by atoms with Crippen molar-refractivity contribution in [3.8, 4) is 6.07 Å². The highest BCUT2D eigenvalue weighted by atomic mass is 16.3. The molecule has 4 nitrogen and oxygen atoms in total. The van der Waals surface area contributed by atoms with Crippen LogP contribution in [0.25, 0.3) is 11.1 Å². The van der Waals surface area contributed by atoms with Crippen molar-refractivity contribution in [2.45, 2.75) is 19.5 Å². The van der Waals surface area contributed by atoms with Gasteiger partial charge in [-0.25, -0.2) is 4.98 Å². The number of nitrogens with zero attached hydrogens (tertiary/aromatic N) is 2. The van der Waals surface area contributed by atoms with Crippen LogP contribution < -0.4 is 5.32 Å². The van der Waals surface area contributed by atoms with Gasteiger partial charge in [-0.1, -0.05) is 6.07 Å². The summed E-state index contributed by atoms with van der Waals surface area (Å²) in [6, 6.07) is 7.79. The second-order valence-corrected chi connectivity index (χ2v) is 3.39. The third kappa shape index (κ3) is 2.14. The number of hydrogen-bond donors (Lipinski definition) is 1. The molecule has 0 saturated heterocycles. The van der Waals surface area contributed by atoms with Crippen LogP contribution in [0.4, 0.5) is 0 Å². The van der Waals surface area contributed by atoms with Gasteiger partial charge < -0.3 is 4.42 Å². The molecule has 1 heterocycles. The lowest BCUT2D eigenvalue weighted by Crippen LogP contribution is -2.23. The monoisotopic (exact) mass is 201 g/mol. The lowest BCUT2D eigenvalue weighted by atomic mass is 10.2. The molecule has 0 aliphatic rings. The molecule has 1 atom stereocenters. The lowest BCUT2D eigenvalue weighted by Gasteiger charge is -2.05. The predicted molar refractivity (Wildman–Crippen MR) is 55.9 cm³/mol. The summed E-state index contributed by atoms with van der Waals surface area (Å²) >= 11 is 0. The van der Waals surface area contributed by atoms with Crippen molar-refractivity contribution in [1.29, 1.82) is 5.26 Å². The van der Waals surface area contributed by atoms with Crippen LogP contribution in [0.1, 0.15) is 12.5 Å². The van der Waals surface area contributed by atoms with Crippen LogP contribution in [0.5, 0.6) is 0 Å². The first-order chi connectivity index (χ1) is 7.29. The quantitative estimate of drug-likeness (QED) is 0.822. The van der Waals surface area contributed by atoms with Gasteiger partial charge in [0.05, 0.1) is 12.1 Å². The number of nitriles is 1. The van der Waals surface area contributed by atoms with E-state index in [2.05, 4.69) is 16.4 Å². The average molecular weight is 201 g/mol. The van der Waals surface area contributed by atoms with E-state index in [9.17, 15) is 0 Å². The molecule has 2 rings (SSSR count). The number of benzene rings is 1. The highest BCUT2D eigenvalue weighted by molar-refractivity contribution is 5.72. The van der Waals surface area contributed by atoms with Crippen LogP contribution in [-0.4, -0.2) is 11.0 Å². The van der Waals surface area contributed by atoms with Gasteiger partial charge in [0, 0.05) is 6.54 Å². The Bertz CT molecular complexity index is 498. The molecule has 1 unspecified atom stereocenters. The molecule has 4 heteroatoms. The minimum atomic E-state index is -0.143. The van der Waals surface area contributed by atoms with Gasteiger partial charge in [-0.2, -0.15) is 5.26 Å². The van der Waals surface area contributed by atoms with Crippen molar-refractivity contribution in [2.24, 2.45) is 0 Å². The van der Waals surface area contributed by atoms with E-state index in [4.69, 9.17) is 9.68 Å². The van der Waals surface area contributed by atoms with E-state index in [-0.39, 0.29) is 6.04 Å². The molecule has 76 valence electrons. The van der Waals surface area contributed by atoms with Crippen molar-refractivity contribution in [1.82, 2.24) is 10.3 Å². The maximum atomic E-state index is 8.61. The molecule has 1 aromatic carbocycles. The molecule has 0 amide bonds. The highest BCUT2D eigenvalue weighted by Crippen LogP contribution is 2.13. The van der Waals surface area contributed by atoms with Gasteiger partial charge in [-0.05, 0) is 24.6 Å². The van der Waals surface area contributed by atoms with E-state index in [1.807, 2.05) is 25.1 Å². The summed E-state index contributed by atoms with van der Waals surface area (Å²) in [6.07, 6.45) is 1.43. The maximum Gasteiger partial charge on any atom is 0.181 e. The van der Waals surface area contributed by atoms with Crippen LogP contribution in [0.15, 0.2) is 29.0 Å². The third-order valence-corrected chi connectivity index (χ3v) is 2.20. The summed E-state index contributed by atoms with van der Waals surface area (Å²) in [4.78, 5) is 4.03. The van der Waals surface area contributed by atoms with E-state index >= 15 is 0 Å². The normalized spacial score (nSPS) is 12.5. The Hall–Kier alpha value is -1.86. The second kappa shape index (κ2) is 4.11. The summed E-state index contributed by atoms with van der Waals surface area (Å²) in [6.45, 7) is 2.48. The molecule has 0 aliphatic carbocycles. The summed E-state index contributed by atoms with van der Waals surface area (Å²) in [5.41, 5.74) is 2.72. The van der Waals surface area contributed by atoms with Crippen molar-refractivity contribution in [2.75, 3.05) is 0 Å². The third-order valence-electron chi connectivity index (χ3n) is 2.20. The standard InChI is InChI=1S/C11H11N3O/c1-8(5-12)13-6-9-2-3-10-11(4-9)15-7-14-10/h2-4,7-8,13H,6H2,1H3. The van der Waals surface area contributed by atoms with Gasteiger partial charge in [0.1, 0.15) is 5.52 Å². The number of rotatable bonds is 3. The maximum absolute atomic E-state index is 8.61. The van der Waals surface area contributed by atoms with Crippen molar-refractivity contribution < 1.29 is 4.42 Å². The van der Waals surface area contributed by atoms with Gasteiger partial charge in [-0.3, -0.25) is 5.32 Å². The smallest absolute Gasteiger partial charge is 0.181 e. The summed E-state index contributed by atoms with van der Waals surface area (Å²) < 4.78 is 5.19. The molecule has 1 N–H and O–H groups in total. The molecule has 2 aromatic rings. The number of hydrogen-bond acceptors (Lipinski definition) is 4. The number of oxazole rings is 1. The van der Waals surface area contributed by atoms with E-state index in [0.717, 1.165) is 16.7 Å². The zero-order chi connectivity index (χ0) is 10.7. The average Bonchev–Trinajstić information content (AvgIpc) is 2.72. The first-order valence-corrected chi connectivity index (χ1v) is 4.75. The molecule has 1 aromatic heterocycles. The fourth-order valence-electron chi connectivity index (χ4n) is 1.33. The Labute approximate surface area is 87.5 Å². The van der Waals surface area contributed by atoms with Gasteiger partial charge >= 0.3 is 0 Å². The summed E-state index contributed by atoms with van der Waals surface area (Å²) in [5.74, 6) is 0. The minimum Gasteiger partial charge on any atom is -0.443 e. The molecule has 0 fully saturated rings. The van der Waals surface area contributed by atoms with Gasteiger partial charge in [0.15, 0.2) is 12.0 Å². The van der Waals surface area contributed by atoms with Crippen LogP contribution >= 0.6 is 0 Å². The Morgan fingerprint density at radius 2 is 2.47 bits per heavy atom. The molecular weight excluding hydrogens is 190 g/mol. The molecule has 0 bridgehead atoms. The number of aromatic nitrogens is 1. The molecule has 0 saturated carbocycles. The van der Waals surface area contributed by atoms with E-state index in [1.54, 1.807) is 0 Å². The van der Waals surface area contributed by atoms with Crippen LogP contribution in [0, 0.1) is 11.3 Å². The highest BCUT2D eigenvalue weighted by Gasteiger charge is 2.02. The summed E-state index contributed by atoms with van der Waals surface area (Å²) in [5, 5.41) is 11.7. The Morgan fingerprint density at radius 1 is 1.60 bits per heavy atom. The Balaban J connectivity index is 2.12. The molecule has 0 radical (unpaired) electrons. The van der Waals surface area contributed by atoms with Gasteiger partial charge in [-0.15, -0.1) is 0 Å². The van der Waals surface area contributed by atoms with E-state index in [0.29, 0.717) is 6.54 Å². The Kier molecular flexibility index (Phi) is 2.66. The summed E-state index contributed by atoms with van der Waals surface area (Å²) in [7, 11) is 0. The van der Waals surface area contributed by atoms with Crippen LogP contribution in [0.3, 0.4) is 0 Å². The van der Waals surface area contributed by atoms with Crippen LogP contribution in [0.2, 0.25) is 0 Å². The van der Waals surface area contributed by atoms with E-state index in [1.165, 1.54) is 6.39 Å². The first kappa shape index (κ1) is 9.69.